The highest BCUT2D eigenvalue weighted by molar-refractivity contribution is 8.00. The Bertz CT molecular complexity index is 971. The normalized spacial score (nSPS) is 11.1. The Morgan fingerprint density at radius 1 is 0.655 bits per heavy atom. The summed E-state index contributed by atoms with van der Waals surface area (Å²) in [5, 5.41) is 25.7. The first-order chi connectivity index (χ1) is 14.2. The van der Waals surface area contributed by atoms with Crippen molar-refractivity contribution in [1.29, 1.82) is 0 Å². The Morgan fingerprint density at radius 2 is 1.07 bits per heavy atom. The van der Waals surface area contributed by atoms with Gasteiger partial charge in [0.05, 0.1) is 11.4 Å². The van der Waals surface area contributed by atoms with E-state index in [4.69, 9.17) is 0 Å². The molecule has 0 N–H and O–H groups in total. The van der Waals surface area contributed by atoms with Gasteiger partial charge in [-0.05, 0) is 65.4 Å². The molecule has 8 nitrogen and oxygen atoms in total. The number of benzene rings is 2. The van der Waals surface area contributed by atoms with E-state index in [2.05, 4.69) is 69.2 Å². The molecule has 0 aliphatic heterocycles. The number of aromatic nitrogens is 8. The zero-order chi connectivity index (χ0) is 20.1. The fourth-order valence-corrected chi connectivity index (χ4v) is 4.46. The van der Waals surface area contributed by atoms with Gasteiger partial charge in [0.15, 0.2) is 0 Å². The van der Waals surface area contributed by atoms with Gasteiger partial charge in [-0.25, -0.2) is 0 Å². The monoisotopic (exact) mass is 424 g/mol. The fraction of sp³-hybridized carbons (Fsp3) is 0.263. The molecule has 29 heavy (non-hydrogen) atoms. The summed E-state index contributed by atoms with van der Waals surface area (Å²) in [6.45, 7) is 4.12. The molecule has 0 bridgehead atoms. The molecule has 4 aromatic rings. The minimum absolute atomic E-state index is 0.795. The minimum Gasteiger partial charge on any atom is -0.188 e. The van der Waals surface area contributed by atoms with E-state index in [0.717, 1.165) is 39.6 Å². The molecule has 0 radical (unpaired) electrons. The Hall–Kier alpha value is -2.72. The van der Waals surface area contributed by atoms with E-state index in [1.165, 1.54) is 11.1 Å². The molecule has 0 aliphatic rings. The maximum Gasteiger partial charge on any atom is 0.214 e. The van der Waals surface area contributed by atoms with Gasteiger partial charge in [-0.15, -0.1) is 10.2 Å². The van der Waals surface area contributed by atoms with Crippen molar-refractivity contribution >= 4 is 23.5 Å². The van der Waals surface area contributed by atoms with Gasteiger partial charge in [-0.3, -0.25) is 0 Å². The van der Waals surface area contributed by atoms with E-state index < -0.39 is 0 Å². The summed E-state index contributed by atoms with van der Waals surface area (Å²) in [7, 11) is 0. The number of rotatable bonds is 8. The van der Waals surface area contributed by atoms with Crippen LogP contribution in [0, 0.1) is 13.8 Å². The van der Waals surface area contributed by atoms with Crippen molar-refractivity contribution < 1.29 is 0 Å². The summed E-state index contributed by atoms with van der Waals surface area (Å²) in [6.07, 6.45) is 0.983. The van der Waals surface area contributed by atoms with Gasteiger partial charge in [0.1, 0.15) is 0 Å². The van der Waals surface area contributed by atoms with Gasteiger partial charge in [-0.2, -0.15) is 9.36 Å². The van der Waals surface area contributed by atoms with E-state index >= 15 is 0 Å². The lowest BCUT2D eigenvalue weighted by atomic mass is 10.2. The van der Waals surface area contributed by atoms with Gasteiger partial charge in [0.25, 0.3) is 0 Å². The second-order valence-corrected chi connectivity index (χ2v) is 8.59. The molecular weight excluding hydrogens is 404 g/mol. The largest absolute Gasteiger partial charge is 0.214 e. The van der Waals surface area contributed by atoms with Crippen LogP contribution < -0.4 is 0 Å². The number of aryl methyl sites for hydroxylation is 2. The molecule has 0 aliphatic carbocycles. The lowest BCUT2D eigenvalue weighted by Crippen LogP contribution is -2.00. The average molecular weight is 425 g/mol. The molecule has 0 atom stereocenters. The molecular formula is C19H20N8S2. The first-order valence-electron chi connectivity index (χ1n) is 9.17. The zero-order valence-corrected chi connectivity index (χ0v) is 17.8. The lowest BCUT2D eigenvalue weighted by molar-refractivity contribution is 0.755. The molecule has 2 aromatic carbocycles. The molecule has 0 saturated heterocycles. The summed E-state index contributed by atoms with van der Waals surface area (Å²) in [5.74, 6) is 1.82. The van der Waals surface area contributed by atoms with E-state index in [0.29, 0.717) is 0 Å². The predicted octanol–water partition coefficient (Wildman–Crippen LogP) is 3.53. The maximum absolute atomic E-state index is 4.14. The van der Waals surface area contributed by atoms with Gasteiger partial charge >= 0.3 is 0 Å². The molecule has 10 heteroatoms. The molecule has 0 fully saturated rings. The smallest absolute Gasteiger partial charge is 0.188 e. The van der Waals surface area contributed by atoms with E-state index in [1.54, 1.807) is 32.9 Å². The SMILES string of the molecule is Cc1ccc(-n2nnnc2SCCCSc2nnnn2-c2ccc(C)cc2)cc1. The highest BCUT2D eigenvalue weighted by atomic mass is 32.2. The molecule has 2 aromatic heterocycles. The number of tetrazole rings is 2. The maximum atomic E-state index is 4.14. The Labute approximate surface area is 177 Å². The molecule has 2 heterocycles. The third kappa shape index (κ3) is 4.83. The predicted molar refractivity (Wildman–Crippen MR) is 114 cm³/mol. The van der Waals surface area contributed by atoms with Crippen LogP contribution in [0.15, 0.2) is 58.8 Å². The van der Waals surface area contributed by atoms with E-state index in [9.17, 15) is 0 Å². The number of nitrogens with zero attached hydrogens (tertiary/aromatic N) is 8. The summed E-state index contributed by atoms with van der Waals surface area (Å²) >= 11 is 3.29. The van der Waals surface area contributed by atoms with Crippen LogP contribution in [0.3, 0.4) is 0 Å². The third-order valence-corrected chi connectivity index (χ3v) is 6.20. The highest BCUT2D eigenvalue weighted by Gasteiger charge is 2.11. The number of thioether (sulfide) groups is 2. The van der Waals surface area contributed by atoms with Crippen LogP contribution >= 0.6 is 23.5 Å². The van der Waals surface area contributed by atoms with Gasteiger partial charge in [0, 0.05) is 11.5 Å². The van der Waals surface area contributed by atoms with Crippen LogP contribution in [0.1, 0.15) is 17.5 Å². The zero-order valence-electron chi connectivity index (χ0n) is 16.1. The molecule has 0 spiro atoms. The second kappa shape index (κ2) is 9.19. The molecule has 148 valence electrons. The summed E-state index contributed by atoms with van der Waals surface area (Å²) in [6, 6.07) is 16.3. The number of hydrogen-bond acceptors (Lipinski definition) is 8. The molecule has 0 amide bonds. The van der Waals surface area contributed by atoms with Crippen LogP contribution in [0.5, 0.6) is 0 Å². The lowest BCUT2D eigenvalue weighted by Gasteiger charge is -2.05. The van der Waals surface area contributed by atoms with Crippen molar-refractivity contribution in [1.82, 2.24) is 40.4 Å². The van der Waals surface area contributed by atoms with Crippen molar-refractivity contribution in [2.75, 3.05) is 11.5 Å². The van der Waals surface area contributed by atoms with Gasteiger partial charge < -0.3 is 0 Å². The molecule has 0 saturated carbocycles. The topological polar surface area (TPSA) is 87.2 Å². The van der Waals surface area contributed by atoms with Gasteiger partial charge in [-0.1, -0.05) is 58.9 Å². The second-order valence-electron chi connectivity index (χ2n) is 6.47. The summed E-state index contributed by atoms with van der Waals surface area (Å²) < 4.78 is 3.55. The quantitative estimate of drug-likeness (QED) is 0.314. The first kappa shape index (κ1) is 19.6. The summed E-state index contributed by atoms with van der Waals surface area (Å²) in [4.78, 5) is 0. The van der Waals surface area contributed by atoms with Crippen molar-refractivity contribution in [2.24, 2.45) is 0 Å². The fourth-order valence-electron chi connectivity index (χ4n) is 2.62. The van der Waals surface area contributed by atoms with Crippen molar-refractivity contribution in [3.05, 3.63) is 59.7 Å². The van der Waals surface area contributed by atoms with Crippen molar-refractivity contribution in [3.8, 4) is 11.4 Å². The standard InChI is InChI=1S/C19H20N8S2/c1-14-4-8-16(9-5-14)26-18(20-22-24-26)28-12-3-13-29-19-21-23-25-27(19)17-10-6-15(2)7-11-17/h4-11H,3,12-13H2,1-2H3. The van der Waals surface area contributed by atoms with Crippen LogP contribution in [0.4, 0.5) is 0 Å². The molecule has 4 rings (SSSR count). The van der Waals surface area contributed by atoms with Crippen LogP contribution in [-0.2, 0) is 0 Å². The molecule has 0 unspecified atom stereocenters. The van der Waals surface area contributed by atoms with Crippen LogP contribution in [-0.4, -0.2) is 51.9 Å². The first-order valence-corrected chi connectivity index (χ1v) is 11.1. The van der Waals surface area contributed by atoms with E-state index in [-0.39, 0.29) is 0 Å². The Balaban J connectivity index is 1.30. The third-order valence-electron chi connectivity index (χ3n) is 4.19. The average Bonchev–Trinajstić information content (AvgIpc) is 3.39. The Morgan fingerprint density at radius 3 is 1.48 bits per heavy atom. The van der Waals surface area contributed by atoms with Crippen LogP contribution in [0.2, 0.25) is 0 Å². The van der Waals surface area contributed by atoms with E-state index in [1.807, 2.05) is 24.3 Å². The highest BCUT2D eigenvalue weighted by Crippen LogP contribution is 2.23. The van der Waals surface area contributed by atoms with Crippen molar-refractivity contribution in [3.63, 3.8) is 0 Å². The van der Waals surface area contributed by atoms with Gasteiger partial charge in [0.2, 0.25) is 10.3 Å². The minimum atomic E-state index is 0.795. The van der Waals surface area contributed by atoms with Crippen LogP contribution in [0.25, 0.3) is 11.4 Å². The summed E-state index contributed by atoms with van der Waals surface area (Å²) in [5.41, 5.74) is 4.35. The number of hydrogen-bond donors (Lipinski definition) is 0. The Kier molecular flexibility index (Phi) is 6.20. The van der Waals surface area contributed by atoms with Crippen molar-refractivity contribution in [2.45, 2.75) is 30.6 Å².